The Balaban J connectivity index is 2.01. The Morgan fingerprint density at radius 3 is 2.20 bits per heavy atom. The van der Waals surface area contributed by atoms with Gasteiger partial charge in [-0.2, -0.15) is 8.78 Å². The van der Waals surface area contributed by atoms with E-state index in [1.54, 1.807) is 0 Å². The minimum Gasteiger partial charge on any atom is -0.233 e. The molecular weight excluding hydrogens is 256 g/mol. The van der Waals surface area contributed by atoms with E-state index in [0.717, 1.165) is 5.56 Å². The van der Waals surface area contributed by atoms with Crippen molar-refractivity contribution in [1.82, 2.24) is 4.90 Å². The quantitative estimate of drug-likeness (QED) is 0.681. The Morgan fingerprint density at radius 2 is 1.65 bits per heavy atom. The Morgan fingerprint density at radius 1 is 1.05 bits per heavy atom. The summed E-state index contributed by atoms with van der Waals surface area (Å²) in [5, 5.41) is 0. The number of hydrogen-bond donors (Lipinski definition) is 0. The molecule has 1 aliphatic carbocycles. The molecule has 0 bridgehead atoms. The molecule has 1 atom stereocenters. The molecule has 1 nitrogen and oxygen atoms in total. The van der Waals surface area contributed by atoms with Crippen LogP contribution in [-0.2, 0) is 0 Å². The normalized spacial score (nSPS) is 26.9. The summed E-state index contributed by atoms with van der Waals surface area (Å²) in [5.41, 5.74) is 1.90. The second-order valence-electron chi connectivity index (χ2n) is 7.16. The Kier molecular flexibility index (Phi) is 3.16. The smallest absolute Gasteiger partial charge is 0.233 e. The number of nitrogens with zero attached hydrogens (tertiary/aromatic N) is 1. The molecule has 0 N–H and O–H groups in total. The van der Waals surface area contributed by atoms with Crippen molar-refractivity contribution in [3.05, 3.63) is 35.4 Å². The van der Waals surface area contributed by atoms with Gasteiger partial charge in [0.15, 0.2) is 0 Å². The van der Waals surface area contributed by atoms with Crippen molar-refractivity contribution in [2.45, 2.75) is 70.0 Å². The Hall–Kier alpha value is -0.960. The van der Waals surface area contributed by atoms with Gasteiger partial charge in [0.25, 0.3) is 0 Å². The van der Waals surface area contributed by atoms with E-state index in [2.05, 4.69) is 12.1 Å². The van der Waals surface area contributed by atoms with E-state index in [-0.39, 0.29) is 12.5 Å². The van der Waals surface area contributed by atoms with Crippen LogP contribution in [0, 0.1) is 0 Å². The average Bonchev–Trinajstić information content (AvgIpc) is 3.12. The summed E-state index contributed by atoms with van der Waals surface area (Å²) < 4.78 is 28.6. The summed E-state index contributed by atoms with van der Waals surface area (Å²) in [7, 11) is 0. The SMILES string of the molecule is CC(C)(C)N1C(c2ccccc2C2CC2)CCC1(F)F. The van der Waals surface area contributed by atoms with Crippen LogP contribution >= 0.6 is 0 Å². The molecule has 0 spiro atoms. The summed E-state index contributed by atoms with van der Waals surface area (Å²) in [6, 6.07) is 5.36. The first-order valence-electron chi connectivity index (χ1n) is 7.57. The highest BCUT2D eigenvalue weighted by Crippen LogP contribution is 2.52. The van der Waals surface area contributed by atoms with E-state index in [1.807, 2.05) is 32.9 Å². The average molecular weight is 279 g/mol. The topological polar surface area (TPSA) is 3.24 Å². The first-order chi connectivity index (χ1) is 9.31. The molecule has 1 heterocycles. The minimum atomic E-state index is -2.69. The van der Waals surface area contributed by atoms with Crippen molar-refractivity contribution in [2.24, 2.45) is 0 Å². The van der Waals surface area contributed by atoms with Gasteiger partial charge in [-0.25, -0.2) is 4.90 Å². The van der Waals surface area contributed by atoms with E-state index >= 15 is 0 Å². The monoisotopic (exact) mass is 279 g/mol. The van der Waals surface area contributed by atoms with Crippen LogP contribution in [0.25, 0.3) is 0 Å². The number of benzene rings is 1. The van der Waals surface area contributed by atoms with Crippen LogP contribution < -0.4 is 0 Å². The molecule has 1 saturated heterocycles. The molecular formula is C17H23F2N. The number of halogens is 2. The third kappa shape index (κ3) is 2.37. The summed E-state index contributed by atoms with van der Waals surface area (Å²) in [5.74, 6) is 0.599. The Labute approximate surface area is 120 Å². The number of alkyl halides is 2. The third-order valence-corrected chi connectivity index (χ3v) is 4.48. The maximum atomic E-state index is 14.3. The second-order valence-corrected chi connectivity index (χ2v) is 7.16. The number of likely N-dealkylation sites (tertiary alicyclic amines) is 1. The van der Waals surface area contributed by atoms with Gasteiger partial charge in [-0.15, -0.1) is 0 Å². The zero-order valence-corrected chi connectivity index (χ0v) is 12.5. The first-order valence-corrected chi connectivity index (χ1v) is 7.57. The molecule has 1 saturated carbocycles. The molecule has 3 rings (SSSR count). The maximum Gasteiger partial charge on any atom is 0.305 e. The standard InChI is InChI=1S/C17H23F2N/c1-16(2,3)20-15(10-11-17(20,18)19)14-7-5-4-6-13(14)12-8-9-12/h4-7,12,15H,8-11H2,1-3H3. The zero-order valence-electron chi connectivity index (χ0n) is 12.5. The van der Waals surface area contributed by atoms with Crippen LogP contribution in [0.5, 0.6) is 0 Å². The van der Waals surface area contributed by atoms with Crippen molar-refractivity contribution in [2.75, 3.05) is 0 Å². The lowest BCUT2D eigenvalue weighted by Gasteiger charge is -2.41. The molecule has 1 aromatic carbocycles. The van der Waals surface area contributed by atoms with Crippen LogP contribution in [0.2, 0.25) is 0 Å². The van der Waals surface area contributed by atoms with Crippen molar-refractivity contribution in [3.8, 4) is 0 Å². The summed E-state index contributed by atoms with van der Waals surface area (Å²) in [4.78, 5) is 1.43. The van der Waals surface area contributed by atoms with Crippen LogP contribution in [0.1, 0.15) is 69.5 Å². The number of rotatable bonds is 2. The second kappa shape index (κ2) is 4.52. The van der Waals surface area contributed by atoms with Gasteiger partial charge < -0.3 is 0 Å². The fourth-order valence-electron chi connectivity index (χ4n) is 3.62. The van der Waals surface area contributed by atoms with Gasteiger partial charge in [-0.3, -0.25) is 0 Å². The predicted octanol–water partition coefficient (Wildman–Crippen LogP) is 5.09. The highest BCUT2D eigenvalue weighted by atomic mass is 19.3. The third-order valence-electron chi connectivity index (χ3n) is 4.48. The van der Waals surface area contributed by atoms with Gasteiger partial charge in [-0.1, -0.05) is 24.3 Å². The van der Waals surface area contributed by atoms with Gasteiger partial charge in [0.05, 0.1) is 0 Å². The van der Waals surface area contributed by atoms with Crippen molar-refractivity contribution >= 4 is 0 Å². The predicted molar refractivity (Wildman–Crippen MR) is 76.9 cm³/mol. The van der Waals surface area contributed by atoms with Gasteiger partial charge in [0.1, 0.15) is 0 Å². The molecule has 2 aliphatic rings. The van der Waals surface area contributed by atoms with Gasteiger partial charge in [0.2, 0.25) is 0 Å². The van der Waals surface area contributed by atoms with Crippen molar-refractivity contribution in [3.63, 3.8) is 0 Å². The fraction of sp³-hybridized carbons (Fsp3) is 0.647. The maximum absolute atomic E-state index is 14.3. The van der Waals surface area contributed by atoms with Crippen molar-refractivity contribution < 1.29 is 8.78 Å². The number of hydrogen-bond acceptors (Lipinski definition) is 1. The van der Waals surface area contributed by atoms with E-state index in [4.69, 9.17) is 0 Å². The lowest BCUT2D eigenvalue weighted by Crippen LogP contribution is -2.49. The largest absolute Gasteiger partial charge is 0.305 e. The molecule has 2 fully saturated rings. The molecule has 1 aromatic rings. The molecule has 0 amide bonds. The van der Waals surface area contributed by atoms with Gasteiger partial charge in [0, 0.05) is 18.0 Å². The lowest BCUT2D eigenvalue weighted by atomic mass is 9.93. The molecule has 1 unspecified atom stereocenters. The van der Waals surface area contributed by atoms with Crippen LogP contribution in [-0.4, -0.2) is 16.5 Å². The molecule has 0 aromatic heterocycles. The molecule has 20 heavy (non-hydrogen) atoms. The highest BCUT2D eigenvalue weighted by Gasteiger charge is 2.53. The highest BCUT2D eigenvalue weighted by molar-refractivity contribution is 5.36. The zero-order chi connectivity index (χ0) is 14.5. The van der Waals surface area contributed by atoms with Crippen molar-refractivity contribution in [1.29, 1.82) is 0 Å². The molecule has 110 valence electrons. The van der Waals surface area contributed by atoms with Gasteiger partial charge >= 0.3 is 6.05 Å². The fourth-order valence-corrected chi connectivity index (χ4v) is 3.62. The molecule has 1 aliphatic heterocycles. The van der Waals surface area contributed by atoms with Crippen LogP contribution in [0.4, 0.5) is 8.78 Å². The molecule has 0 radical (unpaired) electrons. The lowest BCUT2D eigenvalue weighted by molar-refractivity contribution is -0.169. The summed E-state index contributed by atoms with van der Waals surface area (Å²) >= 11 is 0. The van der Waals surface area contributed by atoms with E-state index in [9.17, 15) is 8.78 Å². The van der Waals surface area contributed by atoms with E-state index in [1.165, 1.54) is 23.3 Å². The van der Waals surface area contributed by atoms with Crippen LogP contribution in [0.3, 0.4) is 0 Å². The van der Waals surface area contributed by atoms with Crippen LogP contribution in [0.15, 0.2) is 24.3 Å². The van der Waals surface area contributed by atoms with Gasteiger partial charge in [-0.05, 0) is 57.1 Å². The first kappa shape index (κ1) is 14.0. The summed E-state index contributed by atoms with van der Waals surface area (Å²) in [6.45, 7) is 5.66. The molecule has 3 heteroatoms. The van der Waals surface area contributed by atoms with E-state index < -0.39 is 11.6 Å². The van der Waals surface area contributed by atoms with E-state index in [0.29, 0.717) is 12.3 Å². The minimum absolute atomic E-state index is 0.0338. The Bertz CT molecular complexity index is 500. The summed E-state index contributed by atoms with van der Waals surface area (Å²) in [6.07, 6.45) is 2.92.